The van der Waals surface area contributed by atoms with Gasteiger partial charge in [0.15, 0.2) is 5.96 Å². The van der Waals surface area contributed by atoms with Gasteiger partial charge in [-0.3, -0.25) is 9.89 Å². The number of oxazole rings is 1. The summed E-state index contributed by atoms with van der Waals surface area (Å²) in [6.45, 7) is 11.5. The standard InChI is InChI=1S/C21H33N5O2.HI/c1-4-22-21(23-10-7-19-6-5-13-27-19)24-14-18-8-11-26(12-9-18)15-20-25-16(2)17(3)28-20;/h5-6,13,18H,4,7-12,14-15H2,1-3H3,(H2,22,23,24);1H. The number of rotatable bonds is 8. The van der Waals surface area contributed by atoms with Crippen molar-refractivity contribution in [3.63, 3.8) is 0 Å². The first kappa shape index (κ1) is 23.7. The van der Waals surface area contributed by atoms with E-state index in [1.54, 1.807) is 6.26 Å². The van der Waals surface area contributed by atoms with E-state index in [4.69, 9.17) is 13.8 Å². The van der Waals surface area contributed by atoms with Gasteiger partial charge in [-0.25, -0.2) is 4.98 Å². The van der Waals surface area contributed by atoms with Crippen molar-refractivity contribution in [2.45, 2.75) is 46.6 Å². The summed E-state index contributed by atoms with van der Waals surface area (Å²) in [5, 5.41) is 6.72. The summed E-state index contributed by atoms with van der Waals surface area (Å²) in [4.78, 5) is 11.7. The highest BCUT2D eigenvalue weighted by atomic mass is 127. The molecule has 0 unspecified atom stereocenters. The van der Waals surface area contributed by atoms with Crippen molar-refractivity contribution in [3.8, 4) is 0 Å². The minimum Gasteiger partial charge on any atom is -0.469 e. The molecule has 0 amide bonds. The topological polar surface area (TPSA) is 78.8 Å². The lowest BCUT2D eigenvalue weighted by Crippen LogP contribution is -2.39. The molecule has 0 bridgehead atoms. The Morgan fingerprint density at radius 1 is 1.28 bits per heavy atom. The van der Waals surface area contributed by atoms with Gasteiger partial charge in [0.1, 0.15) is 11.5 Å². The number of aliphatic imine (C=N–C) groups is 1. The first-order valence-electron chi connectivity index (χ1n) is 10.3. The van der Waals surface area contributed by atoms with Crippen LogP contribution in [0.4, 0.5) is 0 Å². The first-order chi connectivity index (χ1) is 13.6. The molecule has 3 rings (SSSR count). The highest BCUT2D eigenvalue weighted by molar-refractivity contribution is 14.0. The molecular weight excluding hydrogens is 481 g/mol. The molecule has 0 saturated carbocycles. The van der Waals surface area contributed by atoms with Crippen LogP contribution in [0, 0.1) is 19.8 Å². The van der Waals surface area contributed by atoms with Gasteiger partial charge in [0, 0.05) is 26.1 Å². The summed E-state index contributed by atoms with van der Waals surface area (Å²) in [6.07, 6.45) is 4.89. The van der Waals surface area contributed by atoms with Crippen molar-refractivity contribution in [2.75, 3.05) is 32.7 Å². The van der Waals surface area contributed by atoms with E-state index in [-0.39, 0.29) is 24.0 Å². The van der Waals surface area contributed by atoms with Crippen LogP contribution in [-0.4, -0.2) is 48.6 Å². The maximum absolute atomic E-state index is 5.72. The molecule has 162 valence electrons. The first-order valence-corrected chi connectivity index (χ1v) is 10.3. The summed E-state index contributed by atoms with van der Waals surface area (Å²) in [5.74, 6) is 4.27. The molecule has 2 aromatic rings. The predicted molar refractivity (Wildman–Crippen MR) is 126 cm³/mol. The highest BCUT2D eigenvalue weighted by Crippen LogP contribution is 2.20. The molecule has 8 heteroatoms. The maximum Gasteiger partial charge on any atom is 0.208 e. The second-order valence-corrected chi connectivity index (χ2v) is 7.44. The van der Waals surface area contributed by atoms with Crippen LogP contribution in [0.3, 0.4) is 0 Å². The smallest absolute Gasteiger partial charge is 0.208 e. The maximum atomic E-state index is 5.72. The Bertz CT molecular complexity index is 717. The van der Waals surface area contributed by atoms with E-state index in [0.29, 0.717) is 5.92 Å². The van der Waals surface area contributed by atoms with E-state index < -0.39 is 0 Å². The molecule has 0 atom stereocenters. The van der Waals surface area contributed by atoms with E-state index in [1.807, 2.05) is 26.0 Å². The third-order valence-electron chi connectivity index (χ3n) is 5.23. The lowest BCUT2D eigenvalue weighted by atomic mass is 9.97. The Kier molecular flexibility index (Phi) is 9.99. The van der Waals surface area contributed by atoms with Crippen molar-refractivity contribution in [1.29, 1.82) is 0 Å². The van der Waals surface area contributed by atoms with Crippen LogP contribution < -0.4 is 10.6 Å². The molecule has 0 aromatic carbocycles. The van der Waals surface area contributed by atoms with Crippen LogP contribution in [0.5, 0.6) is 0 Å². The SMILES string of the molecule is CCNC(=NCC1CCN(Cc2nc(C)c(C)o2)CC1)NCCc1ccco1.I. The quantitative estimate of drug-likeness (QED) is 0.318. The van der Waals surface area contributed by atoms with Crippen molar-refractivity contribution in [1.82, 2.24) is 20.5 Å². The number of furan rings is 1. The largest absolute Gasteiger partial charge is 0.469 e. The fourth-order valence-electron chi connectivity index (χ4n) is 3.45. The van der Waals surface area contributed by atoms with Crippen molar-refractivity contribution < 1.29 is 8.83 Å². The van der Waals surface area contributed by atoms with E-state index in [1.165, 1.54) is 0 Å². The molecule has 7 nitrogen and oxygen atoms in total. The normalized spacial score (nSPS) is 15.9. The number of likely N-dealkylation sites (tertiary alicyclic amines) is 1. The third kappa shape index (κ3) is 7.65. The summed E-state index contributed by atoms with van der Waals surface area (Å²) in [6, 6.07) is 3.92. The number of aryl methyl sites for hydroxylation is 2. The molecule has 2 N–H and O–H groups in total. The zero-order chi connectivity index (χ0) is 19.8. The predicted octanol–water partition coefficient (Wildman–Crippen LogP) is 3.51. The van der Waals surface area contributed by atoms with Gasteiger partial charge in [-0.15, -0.1) is 24.0 Å². The Labute approximate surface area is 190 Å². The van der Waals surface area contributed by atoms with Crippen LogP contribution in [0.2, 0.25) is 0 Å². The molecule has 0 aliphatic carbocycles. The number of nitrogens with one attached hydrogen (secondary N) is 2. The summed E-state index contributed by atoms with van der Waals surface area (Å²) < 4.78 is 11.1. The van der Waals surface area contributed by atoms with Gasteiger partial charge in [0.2, 0.25) is 5.89 Å². The Balaban J connectivity index is 0.00000300. The zero-order valence-corrected chi connectivity index (χ0v) is 20.1. The van der Waals surface area contributed by atoms with Crippen molar-refractivity contribution in [3.05, 3.63) is 41.5 Å². The highest BCUT2D eigenvalue weighted by Gasteiger charge is 2.20. The van der Waals surface area contributed by atoms with Crippen LogP contribution >= 0.6 is 24.0 Å². The number of hydrogen-bond donors (Lipinski definition) is 2. The molecule has 29 heavy (non-hydrogen) atoms. The summed E-state index contributed by atoms with van der Waals surface area (Å²) in [7, 11) is 0. The van der Waals surface area contributed by atoms with E-state index in [0.717, 1.165) is 87.6 Å². The molecule has 1 aliphatic heterocycles. The molecule has 1 saturated heterocycles. The molecular formula is C21H34IN5O2. The minimum absolute atomic E-state index is 0. The van der Waals surface area contributed by atoms with Gasteiger partial charge >= 0.3 is 0 Å². The Hall–Kier alpha value is -1.55. The van der Waals surface area contributed by atoms with Gasteiger partial charge in [-0.2, -0.15) is 0 Å². The van der Waals surface area contributed by atoms with Gasteiger partial charge in [-0.05, 0) is 64.8 Å². The average Bonchev–Trinajstić information content (AvgIpc) is 3.31. The molecule has 0 spiro atoms. The van der Waals surface area contributed by atoms with E-state index in [2.05, 4.69) is 27.4 Å². The number of aromatic nitrogens is 1. The Morgan fingerprint density at radius 2 is 2.07 bits per heavy atom. The molecule has 0 radical (unpaired) electrons. The second kappa shape index (κ2) is 12.2. The third-order valence-corrected chi connectivity index (χ3v) is 5.23. The summed E-state index contributed by atoms with van der Waals surface area (Å²) in [5.41, 5.74) is 0.995. The number of hydrogen-bond acceptors (Lipinski definition) is 5. The molecule has 2 aromatic heterocycles. The number of halogens is 1. The zero-order valence-electron chi connectivity index (χ0n) is 17.7. The Morgan fingerprint density at radius 3 is 2.69 bits per heavy atom. The van der Waals surface area contributed by atoms with E-state index in [9.17, 15) is 0 Å². The fourth-order valence-corrected chi connectivity index (χ4v) is 3.45. The van der Waals surface area contributed by atoms with Crippen LogP contribution in [-0.2, 0) is 13.0 Å². The average molecular weight is 515 g/mol. The number of guanidine groups is 1. The molecule has 1 aliphatic rings. The van der Waals surface area contributed by atoms with Gasteiger partial charge in [-0.1, -0.05) is 0 Å². The summed E-state index contributed by atoms with van der Waals surface area (Å²) >= 11 is 0. The van der Waals surface area contributed by atoms with Crippen LogP contribution in [0.25, 0.3) is 0 Å². The monoisotopic (exact) mass is 515 g/mol. The fraction of sp³-hybridized carbons (Fsp3) is 0.619. The minimum atomic E-state index is 0. The number of nitrogens with zero attached hydrogens (tertiary/aromatic N) is 3. The van der Waals surface area contributed by atoms with Crippen molar-refractivity contribution in [2.24, 2.45) is 10.9 Å². The lowest BCUT2D eigenvalue weighted by Gasteiger charge is -2.30. The number of piperidine rings is 1. The van der Waals surface area contributed by atoms with Crippen molar-refractivity contribution >= 4 is 29.9 Å². The van der Waals surface area contributed by atoms with Gasteiger partial charge < -0.3 is 19.5 Å². The second-order valence-electron chi connectivity index (χ2n) is 7.44. The van der Waals surface area contributed by atoms with Crippen LogP contribution in [0.1, 0.15) is 42.9 Å². The molecule has 1 fully saturated rings. The lowest BCUT2D eigenvalue weighted by molar-refractivity contribution is 0.166. The molecule has 3 heterocycles. The van der Waals surface area contributed by atoms with E-state index >= 15 is 0 Å². The van der Waals surface area contributed by atoms with Crippen LogP contribution in [0.15, 0.2) is 32.2 Å². The van der Waals surface area contributed by atoms with Gasteiger partial charge in [0.25, 0.3) is 0 Å². The van der Waals surface area contributed by atoms with Gasteiger partial charge in [0.05, 0.1) is 18.5 Å².